The predicted molar refractivity (Wildman–Crippen MR) is 75.2 cm³/mol. The fourth-order valence-corrected chi connectivity index (χ4v) is 2.73. The van der Waals surface area contributed by atoms with Gasteiger partial charge in [0.2, 0.25) is 0 Å². The van der Waals surface area contributed by atoms with Crippen molar-refractivity contribution >= 4 is 5.97 Å². The topological polar surface area (TPSA) is 69.5 Å². The lowest BCUT2D eigenvalue weighted by Crippen LogP contribution is -2.42. The summed E-state index contributed by atoms with van der Waals surface area (Å²) in [7, 11) is 2.09. The SMILES string of the molecule is CCOC(=O)c1nnn(CC2CN(C)CCO2)c1C1CC1. The summed E-state index contributed by atoms with van der Waals surface area (Å²) in [5, 5.41) is 8.22. The first-order chi connectivity index (χ1) is 10.2. The number of rotatable bonds is 5. The minimum Gasteiger partial charge on any atom is -0.461 e. The van der Waals surface area contributed by atoms with Crippen LogP contribution in [0.15, 0.2) is 0 Å². The standard InChI is InChI=1S/C14H22N4O3/c1-3-20-14(19)12-13(10-4-5-10)18(16-15-12)9-11-8-17(2)6-7-21-11/h10-11H,3-9H2,1-2H3. The van der Waals surface area contributed by atoms with Gasteiger partial charge in [0.25, 0.3) is 0 Å². The van der Waals surface area contributed by atoms with Gasteiger partial charge < -0.3 is 14.4 Å². The second kappa shape index (κ2) is 6.11. The second-order valence-corrected chi connectivity index (χ2v) is 5.76. The van der Waals surface area contributed by atoms with Crippen LogP contribution >= 0.6 is 0 Å². The third-order valence-corrected chi connectivity index (χ3v) is 3.92. The third-order valence-electron chi connectivity index (χ3n) is 3.92. The van der Waals surface area contributed by atoms with Crippen LogP contribution in [0, 0.1) is 0 Å². The number of carbonyl (C=O) groups is 1. The number of aromatic nitrogens is 3. The zero-order valence-electron chi connectivity index (χ0n) is 12.6. The van der Waals surface area contributed by atoms with Gasteiger partial charge in [0.15, 0.2) is 5.69 Å². The van der Waals surface area contributed by atoms with Crippen molar-refractivity contribution in [3.05, 3.63) is 11.4 Å². The van der Waals surface area contributed by atoms with Gasteiger partial charge in [-0.2, -0.15) is 0 Å². The molecule has 0 aromatic carbocycles. The van der Waals surface area contributed by atoms with Crippen LogP contribution in [0.25, 0.3) is 0 Å². The Bertz CT molecular complexity index is 512. The van der Waals surface area contributed by atoms with Gasteiger partial charge >= 0.3 is 5.97 Å². The zero-order valence-corrected chi connectivity index (χ0v) is 12.6. The van der Waals surface area contributed by atoms with Gasteiger partial charge in [0.1, 0.15) is 0 Å². The van der Waals surface area contributed by atoms with E-state index >= 15 is 0 Å². The third kappa shape index (κ3) is 3.24. The van der Waals surface area contributed by atoms with E-state index in [-0.39, 0.29) is 12.1 Å². The molecule has 2 heterocycles. The van der Waals surface area contributed by atoms with Crippen LogP contribution in [0.1, 0.15) is 41.9 Å². The van der Waals surface area contributed by atoms with Crippen LogP contribution in [0.4, 0.5) is 0 Å². The van der Waals surface area contributed by atoms with Crippen molar-refractivity contribution in [3.63, 3.8) is 0 Å². The molecule has 0 bridgehead atoms. The van der Waals surface area contributed by atoms with E-state index in [0.717, 1.165) is 38.2 Å². The van der Waals surface area contributed by atoms with Crippen LogP contribution in [0.3, 0.4) is 0 Å². The molecule has 1 saturated heterocycles. The normalized spacial score (nSPS) is 23.2. The van der Waals surface area contributed by atoms with Gasteiger partial charge in [-0.05, 0) is 26.8 Å². The molecule has 21 heavy (non-hydrogen) atoms. The molecule has 0 radical (unpaired) electrons. The molecule has 3 rings (SSSR count). The molecule has 1 aliphatic heterocycles. The molecule has 1 unspecified atom stereocenters. The Morgan fingerprint density at radius 2 is 2.29 bits per heavy atom. The zero-order chi connectivity index (χ0) is 14.8. The maximum Gasteiger partial charge on any atom is 0.360 e. The Balaban J connectivity index is 1.77. The van der Waals surface area contributed by atoms with E-state index in [1.807, 2.05) is 4.68 Å². The number of hydrogen-bond acceptors (Lipinski definition) is 6. The van der Waals surface area contributed by atoms with Crippen molar-refractivity contribution < 1.29 is 14.3 Å². The number of likely N-dealkylation sites (N-methyl/N-ethyl adjacent to an activating group) is 1. The number of esters is 1. The Hall–Kier alpha value is -1.47. The summed E-state index contributed by atoms with van der Waals surface area (Å²) in [4.78, 5) is 14.2. The summed E-state index contributed by atoms with van der Waals surface area (Å²) in [6.07, 6.45) is 2.27. The van der Waals surface area contributed by atoms with E-state index in [2.05, 4.69) is 22.3 Å². The number of nitrogens with zero attached hydrogens (tertiary/aromatic N) is 4. The molecule has 1 aromatic heterocycles. The van der Waals surface area contributed by atoms with Gasteiger partial charge in [-0.1, -0.05) is 5.21 Å². The van der Waals surface area contributed by atoms with Crippen LogP contribution in [-0.2, 0) is 16.0 Å². The fraction of sp³-hybridized carbons (Fsp3) is 0.786. The summed E-state index contributed by atoms with van der Waals surface area (Å²) in [6.45, 7) is 5.36. The predicted octanol–water partition coefficient (Wildman–Crippen LogP) is 0.663. The first kappa shape index (κ1) is 14.5. The molecule has 1 atom stereocenters. The molecule has 7 heteroatoms. The van der Waals surface area contributed by atoms with Crippen molar-refractivity contribution in [2.24, 2.45) is 0 Å². The van der Waals surface area contributed by atoms with Crippen molar-refractivity contribution in [3.8, 4) is 0 Å². The first-order valence-electron chi connectivity index (χ1n) is 7.59. The summed E-state index contributed by atoms with van der Waals surface area (Å²) in [5.74, 6) is 0.0213. The molecule has 0 N–H and O–H groups in total. The lowest BCUT2D eigenvalue weighted by Gasteiger charge is -2.30. The van der Waals surface area contributed by atoms with Crippen molar-refractivity contribution in [1.82, 2.24) is 19.9 Å². The molecule has 0 spiro atoms. The Morgan fingerprint density at radius 3 is 2.95 bits per heavy atom. The van der Waals surface area contributed by atoms with Crippen LogP contribution in [0.5, 0.6) is 0 Å². The average molecular weight is 294 g/mol. The van der Waals surface area contributed by atoms with E-state index < -0.39 is 0 Å². The van der Waals surface area contributed by atoms with Gasteiger partial charge in [0, 0.05) is 19.0 Å². The van der Waals surface area contributed by atoms with Crippen molar-refractivity contribution in [2.45, 2.75) is 38.3 Å². The lowest BCUT2D eigenvalue weighted by atomic mass is 10.2. The highest BCUT2D eigenvalue weighted by Crippen LogP contribution is 2.41. The molecule has 116 valence electrons. The van der Waals surface area contributed by atoms with Crippen molar-refractivity contribution in [2.75, 3.05) is 33.4 Å². The molecule has 7 nitrogen and oxygen atoms in total. The van der Waals surface area contributed by atoms with Crippen LogP contribution < -0.4 is 0 Å². The summed E-state index contributed by atoms with van der Waals surface area (Å²) in [5.41, 5.74) is 1.30. The first-order valence-corrected chi connectivity index (χ1v) is 7.59. The number of hydrogen-bond donors (Lipinski definition) is 0. The van der Waals surface area contributed by atoms with E-state index in [1.165, 1.54) is 0 Å². The van der Waals surface area contributed by atoms with Crippen LogP contribution in [0.2, 0.25) is 0 Å². The van der Waals surface area contributed by atoms with Crippen LogP contribution in [-0.4, -0.2) is 65.3 Å². The Labute approximate surface area is 124 Å². The molecule has 0 amide bonds. The molecule has 2 aliphatic rings. The molecule has 1 aromatic rings. The molecular formula is C14H22N4O3. The van der Waals surface area contributed by atoms with Gasteiger partial charge in [0.05, 0.1) is 31.6 Å². The molecule has 1 saturated carbocycles. The minimum atomic E-state index is -0.368. The molecule has 2 fully saturated rings. The smallest absolute Gasteiger partial charge is 0.360 e. The highest BCUT2D eigenvalue weighted by Gasteiger charge is 2.35. The van der Waals surface area contributed by atoms with Gasteiger partial charge in [-0.25, -0.2) is 9.48 Å². The number of ether oxygens (including phenoxy) is 2. The monoisotopic (exact) mass is 294 g/mol. The fourth-order valence-electron chi connectivity index (χ4n) is 2.73. The quantitative estimate of drug-likeness (QED) is 0.743. The van der Waals surface area contributed by atoms with E-state index in [4.69, 9.17) is 9.47 Å². The van der Waals surface area contributed by atoms with Gasteiger partial charge in [-0.3, -0.25) is 0 Å². The number of morpholine rings is 1. The summed E-state index contributed by atoms with van der Waals surface area (Å²) in [6, 6.07) is 0. The van der Waals surface area contributed by atoms with Crippen molar-refractivity contribution in [1.29, 1.82) is 0 Å². The lowest BCUT2D eigenvalue weighted by molar-refractivity contribution is -0.0296. The van der Waals surface area contributed by atoms with E-state index in [0.29, 0.717) is 24.8 Å². The average Bonchev–Trinajstić information content (AvgIpc) is 3.20. The number of carbonyl (C=O) groups excluding carboxylic acids is 1. The minimum absolute atomic E-state index is 0.0954. The largest absolute Gasteiger partial charge is 0.461 e. The van der Waals surface area contributed by atoms with E-state index in [1.54, 1.807) is 6.92 Å². The van der Waals surface area contributed by atoms with E-state index in [9.17, 15) is 4.79 Å². The summed E-state index contributed by atoms with van der Waals surface area (Å²) >= 11 is 0. The summed E-state index contributed by atoms with van der Waals surface area (Å²) < 4.78 is 12.7. The van der Waals surface area contributed by atoms with Gasteiger partial charge in [-0.15, -0.1) is 5.10 Å². The molecule has 1 aliphatic carbocycles. The highest BCUT2D eigenvalue weighted by atomic mass is 16.5. The second-order valence-electron chi connectivity index (χ2n) is 5.76. The Kier molecular flexibility index (Phi) is 4.21. The maximum absolute atomic E-state index is 12.0. The highest BCUT2D eigenvalue weighted by molar-refractivity contribution is 5.88. The Morgan fingerprint density at radius 1 is 1.48 bits per heavy atom. The maximum atomic E-state index is 12.0. The molecular weight excluding hydrogens is 272 g/mol.